The summed E-state index contributed by atoms with van der Waals surface area (Å²) in [5.74, 6) is 0.132. The first-order chi connectivity index (χ1) is 13.1. The van der Waals surface area contributed by atoms with Gasteiger partial charge in [-0.15, -0.1) is 0 Å². The number of ether oxygens (including phenoxy) is 1. The van der Waals surface area contributed by atoms with Crippen LogP contribution in [0.25, 0.3) is 0 Å². The number of halogens is 2. The van der Waals surface area contributed by atoms with Gasteiger partial charge in [0, 0.05) is 31.2 Å². The van der Waals surface area contributed by atoms with Gasteiger partial charge in [-0.1, -0.05) is 23.7 Å². The molecule has 3 rings (SSSR count). The fourth-order valence-electron chi connectivity index (χ4n) is 3.13. The second-order valence-corrected chi connectivity index (χ2v) is 6.77. The van der Waals surface area contributed by atoms with Gasteiger partial charge in [0.2, 0.25) is 5.91 Å². The van der Waals surface area contributed by atoms with Gasteiger partial charge >= 0.3 is 0 Å². The van der Waals surface area contributed by atoms with Gasteiger partial charge in [-0.25, -0.2) is 4.39 Å². The van der Waals surface area contributed by atoms with Crippen LogP contribution in [0.15, 0.2) is 42.5 Å². The van der Waals surface area contributed by atoms with Gasteiger partial charge in [0.15, 0.2) is 0 Å². The van der Waals surface area contributed by atoms with E-state index in [1.165, 1.54) is 18.2 Å². The Hall–Kier alpha value is -2.31. The molecule has 0 aromatic heterocycles. The summed E-state index contributed by atoms with van der Waals surface area (Å²) >= 11 is 5.86. The van der Waals surface area contributed by atoms with Crippen LogP contribution in [0, 0.1) is 5.82 Å². The highest BCUT2D eigenvalue weighted by Gasteiger charge is 2.21. The number of rotatable bonds is 6. The number of anilines is 2. The third-order valence-corrected chi connectivity index (χ3v) is 4.68. The quantitative estimate of drug-likeness (QED) is 0.816. The highest BCUT2D eigenvalue weighted by Crippen LogP contribution is 2.28. The van der Waals surface area contributed by atoms with E-state index in [1.807, 2.05) is 25.1 Å². The number of hydrogen-bond acceptors (Lipinski definition) is 4. The number of carbonyl (C=O) groups excluding carboxylic acids is 1. The van der Waals surface area contributed by atoms with Crippen molar-refractivity contribution in [3.05, 3.63) is 53.3 Å². The highest BCUT2D eigenvalue weighted by atomic mass is 35.5. The lowest BCUT2D eigenvalue weighted by molar-refractivity contribution is -0.117. The average Bonchev–Trinajstić information content (AvgIpc) is 2.66. The molecule has 144 valence electrons. The van der Waals surface area contributed by atoms with Crippen LogP contribution in [-0.2, 0) is 4.79 Å². The molecule has 27 heavy (non-hydrogen) atoms. The minimum Gasteiger partial charge on any atom is -0.492 e. The zero-order chi connectivity index (χ0) is 19.2. The SMILES string of the molecule is CCOc1ccccc1N1CCN(CC(=O)Nc2cc(Cl)ccc2F)CC1. The monoisotopic (exact) mass is 391 g/mol. The Kier molecular flexibility index (Phi) is 6.53. The Morgan fingerprint density at radius 1 is 1.19 bits per heavy atom. The van der Waals surface area contributed by atoms with Crippen molar-refractivity contribution >= 4 is 28.9 Å². The molecule has 7 heteroatoms. The molecule has 1 aliphatic heterocycles. The first kappa shape index (κ1) is 19.5. The van der Waals surface area contributed by atoms with Crippen molar-refractivity contribution in [3.8, 4) is 5.75 Å². The molecule has 0 radical (unpaired) electrons. The number of nitrogens with zero attached hydrogens (tertiary/aromatic N) is 2. The number of para-hydroxylation sites is 2. The van der Waals surface area contributed by atoms with Crippen molar-refractivity contribution in [1.82, 2.24) is 4.90 Å². The molecule has 1 amide bonds. The molecule has 2 aromatic rings. The van der Waals surface area contributed by atoms with Crippen LogP contribution in [0.3, 0.4) is 0 Å². The summed E-state index contributed by atoms with van der Waals surface area (Å²) in [4.78, 5) is 16.6. The first-order valence-electron chi connectivity index (χ1n) is 9.01. The van der Waals surface area contributed by atoms with E-state index in [0.717, 1.165) is 37.6 Å². The van der Waals surface area contributed by atoms with Gasteiger partial charge in [-0.05, 0) is 37.3 Å². The molecule has 0 bridgehead atoms. The number of amides is 1. The summed E-state index contributed by atoms with van der Waals surface area (Å²) < 4.78 is 19.4. The standard InChI is InChI=1S/C20H23ClFN3O2/c1-2-27-19-6-4-3-5-18(19)25-11-9-24(10-12-25)14-20(26)23-17-13-15(21)7-8-16(17)22/h3-8,13H,2,9-12,14H2,1H3,(H,23,26). The van der Waals surface area contributed by atoms with Gasteiger partial charge in [0.25, 0.3) is 0 Å². The van der Waals surface area contributed by atoms with Crippen LogP contribution in [0.2, 0.25) is 5.02 Å². The predicted molar refractivity (Wildman–Crippen MR) is 106 cm³/mol. The lowest BCUT2D eigenvalue weighted by Crippen LogP contribution is -2.48. The van der Waals surface area contributed by atoms with E-state index in [2.05, 4.69) is 21.2 Å². The largest absolute Gasteiger partial charge is 0.492 e. The predicted octanol–water partition coefficient (Wildman–Crippen LogP) is 3.64. The lowest BCUT2D eigenvalue weighted by atomic mass is 10.2. The van der Waals surface area contributed by atoms with Gasteiger partial charge in [-0.3, -0.25) is 9.69 Å². The van der Waals surface area contributed by atoms with Crippen molar-refractivity contribution in [2.75, 3.05) is 49.5 Å². The molecule has 0 saturated carbocycles. The maximum atomic E-state index is 13.7. The van der Waals surface area contributed by atoms with Gasteiger partial charge in [0.1, 0.15) is 11.6 Å². The Morgan fingerprint density at radius 3 is 2.67 bits per heavy atom. The third-order valence-electron chi connectivity index (χ3n) is 4.45. The van der Waals surface area contributed by atoms with Crippen LogP contribution >= 0.6 is 11.6 Å². The van der Waals surface area contributed by atoms with Gasteiger partial charge in [0.05, 0.1) is 24.5 Å². The second-order valence-electron chi connectivity index (χ2n) is 6.34. The normalized spacial score (nSPS) is 14.9. The van der Waals surface area contributed by atoms with Crippen molar-refractivity contribution in [3.63, 3.8) is 0 Å². The Balaban J connectivity index is 1.54. The third kappa shape index (κ3) is 5.11. The summed E-state index contributed by atoms with van der Waals surface area (Å²) in [6.07, 6.45) is 0. The highest BCUT2D eigenvalue weighted by molar-refractivity contribution is 6.30. The van der Waals surface area contributed by atoms with Crippen molar-refractivity contribution in [1.29, 1.82) is 0 Å². The van der Waals surface area contributed by atoms with Crippen LogP contribution in [0.4, 0.5) is 15.8 Å². The topological polar surface area (TPSA) is 44.8 Å². The molecular weight excluding hydrogens is 369 g/mol. The first-order valence-corrected chi connectivity index (χ1v) is 9.38. The van der Waals surface area contributed by atoms with Gasteiger partial charge < -0.3 is 15.0 Å². The van der Waals surface area contributed by atoms with E-state index in [0.29, 0.717) is 11.6 Å². The van der Waals surface area contributed by atoms with E-state index in [4.69, 9.17) is 16.3 Å². The summed E-state index contributed by atoms with van der Waals surface area (Å²) in [6.45, 7) is 5.88. The summed E-state index contributed by atoms with van der Waals surface area (Å²) in [6, 6.07) is 12.1. The van der Waals surface area contributed by atoms with E-state index in [9.17, 15) is 9.18 Å². The molecule has 1 heterocycles. The fraction of sp³-hybridized carbons (Fsp3) is 0.350. The summed E-state index contributed by atoms with van der Waals surface area (Å²) in [5.41, 5.74) is 1.18. The molecule has 1 N–H and O–H groups in total. The van der Waals surface area contributed by atoms with Crippen LogP contribution in [-0.4, -0.2) is 50.1 Å². The molecule has 5 nitrogen and oxygen atoms in total. The molecule has 0 atom stereocenters. The summed E-state index contributed by atoms with van der Waals surface area (Å²) in [7, 11) is 0. The number of piperazine rings is 1. The van der Waals surface area contributed by atoms with Crippen LogP contribution in [0.1, 0.15) is 6.92 Å². The minimum absolute atomic E-state index is 0.108. The average molecular weight is 392 g/mol. The lowest BCUT2D eigenvalue weighted by Gasteiger charge is -2.36. The molecule has 1 saturated heterocycles. The van der Waals surface area contributed by atoms with Crippen molar-refractivity contribution < 1.29 is 13.9 Å². The molecule has 0 aliphatic carbocycles. The Labute approximate surface area is 163 Å². The molecule has 0 spiro atoms. The molecular formula is C20H23ClFN3O2. The molecule has 1 aliphatic rings. The maximum absolute atomic E-state index is 13.7. The van der Waals surface area contributed by atoms with Crippen LogP contribution in [0.5, 0.6) is 5.75 Å². The van der Waals surface area contributed by atoms with E-state index in [1.54, 1.807) is 0 Å². The van der Waals surface area contributed by atoms with Crippen molar-refractivity contribution in [2.24, 2.45) is 0 Å². The zero-order valence-electron chi connectivity index (χ0n) is 15.3. The van der Waals surface area contributed by atoms with Gasteiger partial charge in [-0.2, -0.15) is 0 Å². The summed E-state index contributed by atoms with van der Waals surface area (Å²) in [5, 5.41) is 2.98. The number of hydrogen-bond donors (Lipinski definition) is 1. The number of carbonyl (C=O) groups is 1. The van der Waals surface area contributed by atoms with Crippen LogP contribution < -0.4 is 15.0 Å². The molecule has 0 unspecified atom stereocenters. The smallest absolute Gasteiger partial charge is 0.238 e. The fourth-order valence-corrected chi connectivity index (χ4v) is 3.30. The van der Waals surface area contributed by atoms with E-state index < -0.39 is 5.82 Å². The Bertz CT molecular complexity index is 795. The maximum Gasteiger partial charge on any atom is 0.238 e. The molecule has 2 aromatic carbocycles. The number of benzene rings is 2. The number of nitrogens with one attached hydrogen (secondary N) is 1. The Morgan fingerprint density at radius 2 is 1.93 bits per heavy atom. The second kappa shape index (κ2) is 9.06. The molecule has 1 fully saturated rings. The van der Waals surface area contributed by atoms with E-state index in [-0.39, 0.29) is 18.1 Å². The minimum atomic E-state index is -0.495. The van der Waals surface area contributed by atoms with E-state index >= 15 is 0 Å². The van der Waals surface area contributed by atoms with Crippen molar-refractivity contribution in [2.45, 2.75) is 6.92 Å². The zero-order valence-corrected chi connectivity index (χ0v) is 16.0.